The third-order valence-electron chi connectivity index (χ3n) is 3.25. The van der Waals surface area contributed by atoms with E-state index in [1.807, 2.05) is 25.1 Å². The van der Waals surface area contributed by atoms with Crippen LogP contribution in [-0.4, -0.2) is 29.9 Å². The van der Waals surface area contributed by atoms with Crippen LogP contribution < -0.4 is 0 Å². The molecule has 0 saturated heterocycles. The third kappa shape index (κ3) is 4.00. The second kappa shape index (κ2) is 7.57. The number of aromatic nitrogens is 6. The minimum atomic E-state index is 0.494. The Labute approximate surface area is 144 Å². The van der Waals surface area contributed by atoms with Gasteiger partial charge in [-0.1, -0.05) is 38.6 Å². The normalized spacial score (nSPS) is 11.3. The standard InChI is InChI=1S/C16H20N6OS/c1-4-15-19-20-16(23-15)24-10-14-18-12(9-11(2)3)21-22(14)13-7-5-6-8-17-13/h5-8,11H,4,9-10H2,1-3H3. The van der Waals surface area contributed by atoms with Crippen LogP contribution >= 0.6 is 11.8 Å². The van der Waals surface area contributed by atoms with Crippen molar-refractivity contribution in [1.82, 2.24) is 29.9 Å². The number of thioether (sulfide) groups is 1. The molecule has 0 atom stereocenters. The first-order valence-corrected chi connectivity index (χ1v) is 8.95. The number of hydrogen-bond donors (Lipinski definition) is 0. The van der Waals surface area contributed by atoms with E-state index in [0.29, 0.717) is 22.8 Å². The van der Waals surface area contributed by atoms with Gasteiger partial charge in [-0.15, -0.1) is 15.3 Å². The Morgan fingerprint density at radius 3 is 2.79 bits per heavy atom. The lowest BCUT2D eigenvalue weighted by Crippen LogP contribution is -2.04. The Bertz CT molecular complexity index is 783. The molecule has 0 spiro atoms. The zero-order valence-corrected chi connectivity index (χ0v) is 14.8. The highest BCUT2D eigenvalue weighted by Gasteiger charge is 2.15. The molecule has 24 heavy (non-hydrogen) atoms. The topological polar surface area (TPSA) is 82.5 Å². The molecule has 3 aromatic rings. The van der Waals surface area contributed by atoms with Crippen LogP contribution in [0.1, 0.15) is 38.3 Å². The predicted octanol–water partition coefficient (Wildman–Crippen LogP) is 3.10. The van der Waals surface area contributed by atoms with Crippen molar-refractivity contribution in [2.75, 3.05) is 0 Å². The Hall–Kier alpha value is -2.22. The zero-order chi connectivity index (χ0) is 16.9. The Kier molecular flexibility index (Phi) is 5.24. The third-order valence-corrected chi connectivity index (χ3v) is 4.07. The van der Waals surface area contributed by atoms with Crippen molar-refractivity contribution >= 4 is 11.8 Å². The van der Waals surface area contributed by atoms with Crippen LogP contribution in [-0.2, 0) is 18.6 Å². The fourth-order valence-corrected chi connectivity index (χ4v) is 2.86. The zero-order valence-electron chi connectivity index (χ0n) is 14.0. The first-order chi connectivity index (χ1) is 11.7. The SMILES string of the molecule is CCc1nnc(SCc2nc(CC(C)C)nn2-c2ccccn2)o1. The van der Waals surface area contributed by atoms with E-state index in [1.54, 1.807) is 10.9 Å². The molecule has 0 fully saturated rings. The molecule has 0 aromatic carbocycles. The lowest BCUT2D eigenvalue weighted by molar-refractivity contribution is 0.417. The van der Waals surface area contributed by atoms with Crippen molar-refractivity contribution in [3.05, 3.63) is 41.9 Å². The first-order valence-electron chi connectivity index (χ1n) is 7.97. The van der Waals surface area contributed by atoms with Gasteiger partial charge >= 0.3 is 0 Å². The lowest BCUT2D eigenvalue weighted by atomic mass is 10.1. The van der Waals surface area contributed by atoms with E-state index in [4.69, 9.17) is 4.42 Å². The molecule has 3 heterocycles. The summed E-state index contributed by atoms with van der Waals surface area (Å²) in [4.78, 5) is 9.04. The molecule has 3 aromatic heterocycles. The maximum atomic E-state index is 5.54. The number of aryl methyl sites for hydroxylation is 1. The van der Waals surface area contributed by atoms with Crippen molar-refractivity contribution in [1.29, 1.82) is 0 Å². The molecule has 0 radical (unpaired) electrons. The van der Waals surface area contributed by atoms with Gasteiger partial charge in [0.05, 0.1) is 5.75 Å². The summed E-state index contributed by atoms with van der Waals surface area (Å²) in [6, 6.07) is 5.74. The molecule has 7 nitrogen and oxygen atoms in total. The molecule has 8 heteroatoms. The van der Waals surface area contributed by atoms with Crippen LogP contribution in [0.15, 0.2) is 34.0 Å². The van der Waals surface area contributed by atoms with Crippen LogP contribution in [0.2, 0.25) is 0 Å². The average molecular weight is 344 g/mol. The summed E-state index contributed by atoms with van der Waals surface area (Å²) in [5.74, 6) is 4.14. The van der Waals surface area contributed by atoms with Gasteiger partial charge in [0, 0.05) is 19.0 Å². The molecule has 0 N–H and O–H groups in total. The first kappa shape index (κ1) is 16.6. The largest absolute Gasteiger partial charge is 0.416 e. The van der Waals surface area contributed by atoms with Crippen LogP contribution in [0.4, 0.5) is 0 Å². The van der Waals surface area contributed by atoms with Gasteiger partial charge in [-0.25, -0.2) is 9.97 Å². The Balaban J connectivity index is 1.83. The van der Waals surface area contributed by atoms with Crippen molar-refractivity contribution in [3.8, 4) is 5.82 Å². The van der Waals surface area contributed by atoms with Gasteiger partial charge < -0.3 is 4.42 Å². The average Bonchev–Trinajstić information content (AvgIpc) is 3.19. The van der Waals surface area contributed by atoms with Gasteiger partial charge in [0.25, 0.3) is 5.22 Å². The summed E-state index contributed by atoms with van der Waals surface area (Å²) in [7, 11) is 0. The second-order valence-corrected chi connectivity index (χ2v) is 6.67. The van der Waals surface area contributed by atoms with E-state index >= 15 is 0 Å². The molecule has 0 amide bonds. The Morgan fingerprint density at radius 1 is 1.25 bits per heavy atom. The van der Waals surface area contributed by atoms with Gasteiger partial charge in [0.15, 0.2) is 11.6 Å². The number of hydrogen-bond acceptors (Lipinski definition) is 7. The van der Waals surface area contributed by atoms with Crippen LogP contribution in [0, 0.1) is 5.92 Å². The molecule has 0 aliphatic carbocycles. The molecule has 0 unspecified atom stereocenters. The fraction of sp³-hybridized carbons (Fsp3) is 0.438. The molecule has 126 valence electrons. The quantitative estimate of drug-likeness (QED) is 0.609. The van der Waals surface area contributed by atoms with Crippen molar-refractivity contribution in [3.63, 3.8) is 0 Å². The van der Waals surface area contributed by atoms with Gasteiger partial charge in [-0.3, -0.25) is 0 Å². The van der Waals surface area contributed by atoms with E-state index in [1.165, 1.54) is 11.8 Å². The summed E-state index contributed by atoms with van der Waals surface area (Å²) in [5, 5.41) is 13.2. The highest BCUT2D eigenvalue weighted by Crippen LogP contribution is 2.22. The molecule has 0 saturated carbocycles. The molecular formula is C16H20N6OS. The summed E-state index contributed by atoms with van der Waals surface area (Å²) in [6.45, 7) is 6.29. The number of nitrogens with zero attached hydrogens (tertiary/aromatic N) is 6. The smallest absolute Gasteiger partial charge is 0.277 e. The van der Waals surface area contributed by atoms with E-state index in [2.05, 4.69) is 39.1 Å². The predicted molar refractivity (Wildman–Crippen MR) is 90.9 cm³/mol. The second-order valence-electron chi connectivity index (χ2n) is 5.75. The van der Waals surface area contributed by atoms with Gasteiger partial charge in [-0.2, -0.15) is 4.68 Å². The monoisotopic (exact) mass is 344 g/mol. The van der Waals surface area contributed by atoms with Gasteiger partial charge in [0.1, 0.15) is 5.82 Å². The number of pyridine rings is 1. The van der Waals surface area contributed by atoms with Gasteiger partial charge in [-0.05, 0) is 18.1 Å². The summed E-state index contributed by atoms with van der Waals surface area (Å²) in [6.07, 6.45) is 3.32. The summed E-state index contributed by atoms with van der Waals surface area (Å²) < 4.78 is 7.33. The summed E-state index contributed by atoms with van der Waals surface area (Å²) in [5.41, 5.74) is 0. The molecule has 0 aliphatic rings. The molecular weight excluding hydrogens is 324 g/mol. The minimum Gasteiger partial charge on any atom is -0.416 e. The van der Waals surface area contributed by atoms with Crippen LogP contribution in [0.25, 0.3) is 5.82 Å². The maximum Gasteiger partial charge on any atom is 0.277 e. The minimum absolute atomic E-state index is 0.494. The van der Waals surface area contributed by atoms with Crippen molar-refractivity contribution < 1.29 is 4.42 Å². The van der Waals surface area contributed by atoms with Crippen LogP contribution in [0.5, 0.6) is 0 Å². The van der Waals surface area contributed by atoms with E-state index in [-0.39, 0.29) is 0 Å². The van der Waals surface area contributed by atoms with E-state index < -0.39 is 0 Å². The fourth-order valence-electron chi connectivity index (χ4n) is 2.17. The van der Waals surface area contributed by atoms with Gasteiger partial charge in [0.2, 0.25) is 5.89 Å². The van der Waals surface area contributed by atoms with Crippen molar-refractivity contribution in [2.45, 2.75) is 44.6 Å². The molecule has 3 rings (SSSR count). The number of rotatable bonds is 7. The van der Waals surface area contributed by atoms with Crippen molar-refractivity contribution in [2.24, 2.45) is 5.92 Å². The molecule has 0 bridgehead atoms. The van der Waals surface area contributed by atoms with E-state index in [9.17, 15) is 0 Å². The summed E-state index contributed by atoms with van der Waals surface area (Å²) >= 11 is 1.46. The van der Waals surface area contributed by atoms with E-state index in [0.717, 1.165) is 30.3 Å². The maximum absolute atomic E-state index is 5.54. The highest BCUT2D eigenvalue weighted by molar-refractivity contribution is 7.98. The molecule has 0 aliphatic heterocycles. The lowest BCUT2D eigenvalue weighted by Gasteiger charge is -2.03. The van der Waals surface area contributed by atoms with Crippen LogP contribution in [0.3, 0.4) is 0 Å². The highest BCUT2D eigenvalue weighted by atomic mass is 32.2. The Morgan fingerprint density at radius 2 is 2.12 bits per heavy atom.